The fraction of sp³-hybridized carbons (Fsp3) is 0.409. The molecule has 0 aliphatic carbocycles. The SMILES string of the molecule is CC(C)C(C(=O)c1ccc(N(C)CCO)cc1)(c1ccccc1)N(C)C. The van der Waals surface area contributed by atoms with Gasteiger partial charge in [0.1, 0.15) is 5.54 Å². The summed E-state index contributed by atoms with van der Waals surface area (Å²) in [4.78, 5) is 17.7. The highest BCUT2D eigenvalue weighted by molar-refractivity contribution is 6.04. The Kier molecular flexibility index (Phi) is 6.57. The van der Waals surface area contributed by atoms with Crippen molar-refractivity contribution in [2.75, 3.05) is 39.2 Å². The van der Waals surface area contributed by atoms with Gasteiger partial charge in [-0.05, 0) is 49.8 Å². The van der Waals surface area contributed by atoms with Gasteiger partial charge in [0.15, 0.2) is 5.78 Å². The van der Waals surface area contributed by atoms with Gasteiger partial charge in [0, 0.05) is 24.8 Å². The Morgan fingerprint density at radius 3 is 2.04 bits per heavy atom. The zero-order valence-electron chi connectivity index (χ0n) is 16.4. The van der Waals surface area contributed by atoms with Gasteiger partial charge in [0.05, 0.1) is 6.61 Å². The van der Waals surface area contributed by atoms with Crippen molar-refractivity contribution in [3.05, 3.63) is 65.7 Å². The van der Waals surface area contributed by atoms with Crippen LogP contribution in [0.3, 0.4) is 0 Å². The van der Waals surface area contributed by atoms with E-state index in [9.17, 15) is 4.79 Å². The minimum atomic E-state index is -0.722. The molecule has 0 aromatic heterocycles. The number of Topliss-reactive ketones (excluding diaryl/α,β-unsaturated/α-hetero) is 1. The Morgan fingerprint density at radius 1 is 1.00 bits per heavy atom. The van der Waals surface area contributed by atoms with Crippen molar-refractivity contribution in [3.63, 3.8) is 0 Å². The summed E-state index contributed by atoms with van der Waals surface area (Å²) in [6, 6.07) is 17.6. The summed E-state index contributed by atoms with van der Waals surface area (Å²) in [5, 5.41) is 9.09. The van der Waals surface area contributed by atoms with Crippen molar-refractivity contribution in [1.29, 1.82) is 0 Å². The van der Waals surface area contributed by atoms with Gasteiger partial charge in [-0.1, -0.05) is 44.2 Å². The van der Waals surface area contributed by atoms with Crippen LogP contribution < -0.4 is 4.90 Å². The highest BCUT2D eigenvalue weighted by atomic mass is 16.3. The van der Waals surface area contributed by atoms with Gasteiger partial charge >= 0.3 is 0 Å². The molecule has 0 radical (unpaired) electrons. The molecule has 0 amide bonds. The van der Waals surface area contributed by atoms with Crippen LogP contribution in [0.15, 0.2) is 54.6 Å². The standard InChI is InChI=1S/C22H30N2O2/c1-17(2)22(23(3)4,19-9-7-6-8-10-19)21(26)18-11-13-20(14-12-18)24(5)15-16-25/h6-14,17,25H,15-16H2,1-5H3. The second-order valence-electron chi connectivity index (χ2n) is 7.20. The Hall–Kier alpha value is -2.17. The summed E-state index contributed by atoms with van der Waals surface area (Å²) in [5.74, 6) is 0.198. The molecule has 2 rings (SSSR count). The summed E-state index contributed by atoms with van der Waals surface area (Å²) in [6.45, 7) is 4.84. The predicted octanol–water partition coefficient (Wildman–Crippen LogP) is 3.41. The van der Waals surface area contributed by atoms with Gasteiger partial charge < -0.3 is 10.0 Å². The third kappa shape index (κ3) is 3.67. The Bertz CT molecular complexity index is 701. The smallest absolute Gasteiger partial charge is 0.187 e. The third-order valence-electron chi connectivity index (χ3n) is 5.11. The van der Waals surface area contributed by atoms with Crippen LogP contribution in [0, 0.1) is 5.92 Å². The topological polar surface area (TPSA) is 43.8 Å². The van der Waals surface area contributed by atoms with Gasteiger partial charge in [-0.3, -0.25) is 9.69 Å². The van der Waals surface area contributed by atoms with E-state index >= 15 is 0 Å². The molecule has 2 aromatic rings. The van der Waals surface area contributed by atoms with Gasteiger partial charge in [-0.25, -0.2) is 0 Å². The van der Waals surface area contributed by atoms with Crippen LogP contribution in [-0.2, 0) is 5.54 Å². The maximum atomic E-state index is 13.7. The van der Waals surface area contributed by atoms with E-state index in [0.29, 0.717) is 12.1 Å². The maximum Gasteiger partial charge on any atom is 0.187 e. The molecule has 1 unspecified atom stereocenters. The van der Waals surface area contributed by atoms with Crippen LogP contribution in [0.25, 0.3) is 0 Å². The average molecular weight is 354 g/mol. The van der Waals surface area contributed by atoms with Crippen LogP contribution in [0.4, 0.5) is 5.69 Å². The summed E-state index contributed by atoms with van der Waals surface area (Å²) in [7, 11) is 5.86. The van der Waals surface area contributed by atoms with E-state index in [4.69, 9.17) is 5.11 Å². The summed E-state index contributed by atoms with van der Waals surface area (Å²) < 4.78 is 0. The molecule has 0 aliphatic heterocycles. The fourth-order valence-electron chi connectivity index (χ4n) is 3.76. The van der Waals surface area contributed by atoms with Crippen LogP contribution in [0.5, 0.6) is 0 Å². The van der Waals surface area contributed by atoms with E-state index in [1.165, 1.54) is 0 Å². The largest absolute Gasteiger partial charge is 0.395 e. The molecule has 0 aliphatic rings. The number of aliphatic hydroxyl groups excluding tert-OH is 1. The molecular weight excluding hydrogens is 324 g/mol. The second-order valence-corrected chi connectivity index (χ2v) is 7.20. The van der Waals surface area contributed by atoms with E-state index in [-0.39, 0.29) is 18.3 Å². The number of carbonyl (C=O) groups is 1. The minimum absolute atomic E-state index is 0.0973. The first-order valence-electron chi connectivity index (χ1n) is 9.05. The number of hydrogen-bond acceptors (Lipinski definition) is 4. The Labute approximate surface area is 157 Å². The maximum absolute atomic E-state index is 13.7. The monoisotopic (exact) mass is 354 g/mol. The molecule has 4 nitrogen and oxygen atoms in total. The molecule has 2 aromatic carbocycles. The summed E-state index contributed by atoms with van der Waals surface area (Å²) >= 11 is 0. The lowest BCUT2D eigenvalue weighted by molar-refractivity contribution is 0.0529. The zero-order chi connectivity index (χ0) is 19.3. The predicted molar refractivity (Wildman–Crippen MR) is 108 cm³/mol. The lowest BCUT2D eigenvalue weighted by Gasteiger charge is -2.42. The van der Waals surface area contributed by atoms with Gasteiger partial charge in [-0.15, -0.1) is 0 Å². The second kappa shape index (κ2) is 8.47. The van der Waals surface area contributed by atoms with Crippen molar-refractivity contribution < 1.29 is 9.90 Å². The molecular formula is C22H30N2O2. The van der Waals surface area contributed by atoms with Crippen LogP contribution in [0.1, 0.15) is 29.8 Å². The molecule has 0 saturated carbocycles. The number of rotatable bonds is 8. The molecule has 26 heavy (non-hydrogen) atoms. The van der Waals surface area contributed by atoms with Gasteiger partial charge in [-0.2, -0.15) is 0 Å². The number of likely N-dealkylation sites (N-methyl/N-ethyl adjacent to an activating group) is 2. The fourth-order valence-corrected chi connectivity index (χ4v) is 3.76. The number of nitrogens with zero attached hydrogens (tertiary/aromatic N) is 2. The molecule has 1 N–H and O–H groups in total. The minimum Gasteiger partial charge on any atom is -0.395 e. The molecule has 0 heterocycles. The quantitative estimate of drug-likeness (QED) is 0.738. The number of aliphatic hydroxyl groups is 1. The Balaban J connectivity index is 2.48. The first-order chi connectivity index (χ1) is 12.4. The van der Waals surface area contributed by atoms with Crippen molar-refractivity contribution in [2.24, 2.45) is 5.92 Å². The first kappa shape index (κ1) is 20.1. The molecule has 0 bridgehead atoms. The van der Waals surface area contributed by atoms with E-state index in [1.807, 2.05) is 85.5 Å². The molecule has 0 spiro atoms. The van der Waals surface area contributed by atoms with Gasteiger partial charge in [0.25, 0.3) is 0 Å². The van der Waals surface area contributed by atoms with Crippen LogP contribution in [0.2, 0.25) is 0 Å². The number of ketones is 1. The van der Waals surface area contributed by atoms with E-state index in [1.54, 1.807) is 0 Å². The lowest BCUT2D eigenvalue weighted by atomic mass is 9.73. The number of anilines is 1. The summed E-state index contributed by atoms with van der Waals surface area (Å²) in [6.07, 6.45) is 0. The van der Waals surface area contributed by atoms with E-state index < -0.39 is 5.54 Å². The van der Waals surface area contributed by atoms with Crippen molar-refractivity contribution in [2.45, 2.75) is 19.4 Å². The zero-order valence-corrected chi connectivity index (χ0v) is 16.4. The van der Waals surface area contributed by atoms with E-state index in [0.717, 1.165) is 11.3 Å². The lowest BCUT2D eigenvalue weighted by Crippen LogP contribution is -2.52. The molecule has 0 saturated heterocycles. The number of hydrogen-bond donors (Lipinski definition) is 1. The first-order valence-corrected chi connectivity index (χ1v) is 9.05. The molecule has 0 fully saturated rings. The number of benzene rings is 2. The van der Waals surface area contributed by atoms with Crippen molar-refractivity contribution in [3.8, 4) is 0 Å². The van der Waals surface area contributed by atoms with Gasteiger partial charge in [0.2, 0.25) is 0 Å². The molecule has 1 atom stereocenters. The average Bonchev–Trinajstić information content (AvgIpc) is 2.63. The van der Waals surface area contributed by atoms with Crippen LogP contribution >= 0.6 is 0 Å². The van der Waals surface area contributed by atoms with Crippen molar-refractivity contribution >= 4 is 11.5 Å². The van der Waals surface area contributed by atoms with Crippen molar-refractivity contribution in [1.82, 2.24) is 4.90 Å². The third-order valence-corrected chi connectivity index (χ3v) is 5.11. The summed E-state index contributed by atoms with van der Waals surface area (Å²) in [5.41, 5.74) is 1.96. The van der Waals surface area contributed by atoms with E-state index in [2.05, 4.69) is 13.8 Å². The Morgan fingerprint density at radius 2 is 1.58 bits per heavy atom. The highest BCUT2D eigenvalue weighted by Gasteiger charge is 2.45. The highest BCUT2D eigenvalue weighted by Crippen LogP contribution is 2.38. The van der Waals surface area contributed by atoms with Crippen LogP contribution in [-0.4, -0.2) is 50.1 Å². The molecule has 4 heteroatoms. The molecule has 140 valence electrons. The normalized spacial score (nSPS) is 13.7. The number of carbonyl (C=O) groups excluding carboxylic acids is 1.